The number of amides is 1. The molecule has 1 aromatic rings. The van der Waals surface area contributed by atoms with Crippen LogP contribution in [-0.2, 0) is 20.9 Å². The summed E-state index contributed by atoms with van der Waals surface area (Å²) in [5.41, 5.74) is 0.0435. The predicted molar refractivity (Wildman–Crippen MR) is 101 cm³/mol. The molecular weight excluding hydrogens is 330 g/mol. The summed E-state index contributed by atoms with van der Waals surface area (Å²) in [4.78, 5) is 27.5. The van der Waals surface area contributed by atoms with Crippen LogP contribution in [-0.4, -0.2) is 35.7 Å². The van der Waals surface area contributed by atoms with Crippen molar-refractivity contribution >= 4 is 12.1 Å². The minimum Gasteiger partial charge on any atom is -0.464 e. The Morgan fingerprint density at radius 2 is 1.85 bits per heavy atom. The molecule has 1 fully saturated rings. The highest BCUT2D eigenvalue weighted by molar-refractivity contribution is 5.86. The van der Waals surface area contributed by atoms with Crippen LogP contribution in [0.1, 0.15) is 64.4 Å². The Kier molecular flexibility index (Phi) is 7.95. The standard InChI is InChI=1S/C21H31NO4/c1-3-5-14-21(19(23)25-4-2)15-10-7-11-16-22(21)20(24)26-17-18-12-8-6-9-13-18/h6,8-9,12-13H,3-5,7,10-11,14-17H2,1-2H3/t21-/m0/s1. The van der Waals surface area contributed by atoms with Gasteiger partial charge < -0.3 is 9.47 Å². The minimum atomic E-state index is -0.893. The van der Waals surface area contributed by atoms with Gasteiger partial charge in [-0.1, -0.05) is 62.9 Å². The van der Waals surface area contributed by atoms with E-state index in [1.54, 1.807) is 11.8 Å². The van der Waals surface area contributed by atoms with Crippen molar-refractivity contribution in [1.82, 2.24) is 4.90 Å². The molecule has 1 aliphatic rings. The highest BCUT2D eigenvalue weighted by Gasteiger charge is 2.48. The molecule has 0 unspecified atom stereocenters. The zero-order chi connectivity index (χ0) is 18.8. The summed E-state index contributed by atoms with van der Waals surface area (Å²) in [6.07, 6.45) is 5.51. The largest absolute Gasteiger partial charge is 0.464 e. The predicted octanol–water partition coefficient (Wildman–Crippen LogP) is 4.69. The number of carbonyl (C=O) groups excluding carboxylic acids is 2. The Hall–Kier alpha value is -2.04. The topological polar surface area (TPSA) is 55.8 Å². The summed E-state index contributed by atoms with van der Waals surface area (Å²) >= 11 is 0. The van der Waals surface area contributed by atoms with Gasteiger partial charge in [0, 0.05) is 6.54 Å². The third-order valence-corrected chi connectivity index (χ3v) is 5.01. The number of likely N-dealkylation sites (tertiary alicyclic amines) is 1. The molecule has 0 saturated carbocycles. The summed E-state index contributed by atoms with van der Waals surface area (Å²) < 4.78 is 11.0. The summed E-state index contributed by atoms with van der Waals surface area (Å²) in [7, 11) is 0. The summed E-state index contributed by atoms with van der Waals surface area (Å²) in [6, 6.07) is 9.60. The van der Waals surface area contributed by atoms with E-state index in [1.807, 2.05) is 30.3 Å². The number of benzene rings is 1. The Labute approximate surface area is 156 Å². The van der Waals surface area contributed by atoms with Crippen molar-refractivity contribution in [2.45, 2.75) is 70.9 Å². The SMILES string of the molecule is CCCC[C@@]1(C(=O)OCC)CCCCCN1C(=O)OCc1ccccc1. The van der Waals surface area contributed by atoms with E-state index in [0.29, 0.717) is 26.0 Å². The molecule has 0 N–H and O–H groups in total. The molecule has 5 nitrogen and oxygen atoms in total. The van der Waals surface area contributed by atoms with Crippen LogP contribution >= 0.6 is 0 Å². The summed E-state index contributed by atoms with van der Waals surface area (Å²) in [5.74, 6) is -0.285. The lowest BCUT2D eigenvalue weighted by molar-refractivity contribution is -0.158. The molecule has 1 amide bonds. The van der Waals surface area contributed by atoms with Crippen LogP contribution in [0.15, 0.2) is 30.3 Å². The Morgan fingerprint density at radius 1 is 1.08 bits per heavy atom. The van der Waals surface area contributed by atoms with E-state index in [0.717, 1.165) is 37.7 Å². The molecule has 1 heterocycles. The molecule has 2 rings (SSSR count). The van der Waals surface area contributed by atoms with Gasteiger partial charge in [-0.3, -0.25) is 4.90 Å². The van der Waals surface area contributed by atoms with Gasteiger partial charge in [0.05, 0.1) is 6.61 Å². The van der Waals surface area contributed by atoms with Gasteiger partial charge in [0.1, 0.15) is 12.1 Å². The fourth-order valence-electron chi connectivity index (χ4n) is 3.59. The van der Waals surface area contributed by atoms with Gasteiger partial charge in [0.15, 0.2) is 0 Å². The average molecular weight is 361 g/mol. The second-order valence-electron chi connectivity index (χ2n) is 6.86. The van der Waals surface area contributed by atoms with E-state index < -0.39 is 11.6 Å². The second-order valence-corrected chi connectivity index (χ2v) is 6.86. The molecular formula is C21H31NO4. The van der Waals surface area contributed by atoms with Gasteiger partial charge in [0.2, 0.25) is 0 Å². The van der Waals surface area contributed by atoms with E-state index in [-0.39, 0.29) is 12.6 Å². The molecule has 144 valence electrons. The van der Waals surface area contributed by atoms with Crippen LogP contribution in [0.4, 0.5) is 4.79 Å². The fourth-order valence-corrected chi connectivity index (χ4v) is 3.59. The van der Waals surface area contributed by atoms with E-state index in [9.17, 15) is 9.59 Å². The molecule has 0 aliphatic carbocycles. The van der Waals surface area contributed by atoms with Crippen LogP contribution in [0, 0.1) is 0 Å². The molecule has 1 aliphatic heterocycles. The van der Waals surface area contributed by atoms with Gasteiger partial charge >= 0.3 is 12.1 Å². The molecule has 0 radical (unpaired) electrons. The molecule has 5 heteroatoms. The molecule has 0 aromatic heterocycles. The van der Waals surface area contributed by atoms with Crippen LogP contribution in [0.5, 0.6) is 0 Å². The van der Waals surface area contributed by atoms with Gasteiger partial charge in [-0.2, -0.15) is 0 Å². The smallest absolute Gasteiger partial charge is 0.411 e. The van der Waals surface area contributed by atoms with E-state index in [1.165, 1.54) is 0 Å². The highest BCUT2D eigenvalue weighted by atomic mass is 16.6. The third kappa shape index (κ3) is 4.99. The lowest BCUT2D eigenvalue weighted by Gasteiger charge is -2.40. The third-order valence-electron chi connectivity index (χ3n) is 5.01. The van der Waals surface area contributed by atoms with Crippen molar-refractivity contribution in [3.05, 3.63) is 35.9 Å². The number of carbonyl (C=O) groups is 2. The Balaban J connectivity index is 2.20. The normalized spacial score (nSPS) is 20.3. The zero-order valence-corrected chi connectivity index (χ0v) is 16.0. The van der Waals surface area contributed by atoms with Crippen molar-refractivity contribution in [3.8, 4) is 0 Å². The van der Waals surface area contributed by atoms with Gasteiger partial charge in [-0.05, 0) is 31.7 Å². The zero-order valence-electron chi connectivity index (χ0n) is 16.0. The van der Waals surface area contributed by atoms with Crippen LogP contribution in [0.2, 0.25) is 0 Å². The number of hydrogen-bond donors (Lipinski definition) is 0. The average Bonchev–Trinajstić information content (AvgIpc) is 2.89. The number of rotatable bonds is 7. The summed E-state index contributed by atoms with van der Waals surface area (Å²) in [6.45, 7) is 4.96. The van der Waals surface area contributed by atoms with Crippen molar-refractivity contribution in [3.63, 3.8) is 0 Å². The van der Waals surface area contributed by atoms with Gasteiger partial charge in [0.25, 0.3) is 0 Å². The molecule has 1 atom stereocenters. The quantitative estimate of drug-likeness (QED) is 0.661. The number of esters is 1. The van der Waals surface area contributed by atoms with E-state index in [4.69, 9.17) is 9.47 Å². The number of hydrogen-bond acceptors (Lipinski definition) is 4. The Morgan fingerprint density at radius 3 is 2.54 bits per heavy atom. The van der Waals surface area contributed by atoms with Crippen molar-refractivity contribution < 1.29 is 19.1 Å². The minimum absolute atomic E-state index is 0.211. The maximum Gasteiger partial charge on any atom is 0.411 e. The second kappa shape index (κ2) is 10.2. The summed E-state index contributed by atoms with van der Waals surface area (Å²) in [5, 5.41) is 0. The maximum atomic E-state index is 12.9. The van der Waals surface area contributed by atoms with Crippen molar-refractivity contribution in [2.24, 2.45) is 0 Å². The fraction of sp³-hybridized carbons (Fsp3) is 0.619. The number of ether oxygens (including phenoxy) is 2. The van der Waals surface area contributed by atoms with Gasteiger partial charge in [-0.15, -0.1) is 0 Å². The maximum absolute atomic E-state index is 12.9. The first-order chi connectivity index (χ1) is 12.6. The molecule has 0 bridgehead atoms. The van der Waals surface area contributed by atoms with Gasteiger partial charge in [-0.25, -0.2) is 9.59 Å². The van der Waals surface area contributed by atoms with Crippen molar-refractivity contribution in [1.29, 1.82) is 0 Å². The van der Waals surface area contributed by atoms with Crippen LogP contribution in [0.3, 0.4) is 0 Å². The monoisotopic (exact) mass is 361 g/mol. The molecule has 1 saturated heterocycles. The highest BCUT2D eigenvalue weighted by Crippen LogP contribution is 2.34. The molecule has 26 heavy (non-hydrogen) atoms. The number of nitrogens with zero attached hydrogens (tertiary/aromatic N) is 1. The Bertz CT molecular complexity index is 575. The van der Waals surface area contributed by atoms with E-state index in [2.05, 4.69) is 6.92 Å². The van der Waals surface area contributed by atoms with Crippen molar-refractivity contribution in [2.75, 3.05) is 13.2 Å². The van der Waals surface area contributed by atoms with Crippen LogP contribution in [0.25, 0.3) is 0 Å². The van der Waals surface area contributed by atoms with Crippen LogP contribution < -0.4 is 0 Å². The molecule has 1 aromatic carbocycles. The first-order valence-electron chi connectivity index (χ1n) is 9.79. The lowest BCUT2D eigenvalue weighted by atomic mass is 9.86. The first kappa shape index (κ1) is 20.3. The lowest BCUT2D eigenvalue weighted by Crippen LogP contribution is -2.57. The number of unbranched alkanes of at least 4 members (excludes halogenated alkanes) is 1. The van der Waals surface area contributed by atoms with E-state index >= 15 is 0 Å². The first-order valence-corrected chi connectivity index (χ1v) is 9.79. The molecule has 0 spiro atoms.